The van der Waals surface area contributed by atoms with Gasteiger partial charge in [0.05, 0.1) is 5.69 Å². The lowest BCUT2D eigenvalue weighted by atomic mass is 9.82. The van der Waals surface area contributed by atoms with Crippen molar-refractivity contribution in [3.05, 3.63) is 175 Å². The molecule has 1 aliphatic carbocycles. The Balaban J connectivity index is 1.09. The van der Waals surface area contributed by atoms with Gasteiger partial charge in [0.2, 0.25) is 0 Å². The van der Waals surface area contributed by atoms with Gasteiger partial charge in [-0.2, -0.15) is 0 Å². The molecule has 0 aliphatic heterocycles. The first kappa shape index (κ1) is 29.6. The van der Waals surface area contributed by atoms with Gasteiger partial charge in [0, 0.05) is 59.4 Å². The number of thiophene rings is 1. The summed E-state index contributed by atoms with van der Waals surface area (Å²) < 4.78 is 9.10. The van der Waals surface area contributed by atoms with Gasteiger partial charge < -0.3 is 9.32 Å². The molecule has 0 amide bonds. The molecule has 2 nitrogen and oxygen atoms in total. The number of benzene rings is 8. The molecule has 246 valence electrons. The second-order valence-corrected chi connectivity index (χ2v) is 15.6. The van der Waals surface area contributed by atoms with Crippen molar-refractivity contribution in [3.8, 4) is 22.3 Å². The first-order valence-corrected chi connectivity index (χ1v) is 18.7. The maximum Gasteiger partial charge on any atom is 0.137 e. The number of furan rings is 1. The molecule has 0 radical (unpaired) electrons. The summed E-state index contributed by atoms with van der Waals surface area (Å²) in [6, 6.07) is 59.9. The van der Waals surface area contributed by atoms with Gasteiger partial charge in [-0.15, -0.1) is 11.3 Å². The Labute approximate surface area is 305 Å². The summed E-state index contributed by atoms with van der Waals surface area (Å²) in [4.78, 5) is 2.41. The third-order valence-electron chi connectivity index (χ3n) is 11.3. The summed E-state index contributed by atoms with van der Waals surface area (Å²) in [6.07, 6.45) is 0. The molecule has 0 bridgehead atoms. The van der Waals surface area contributed by atoms with Crippen LogP contribution in [0, 0.1) is 0 Å². The predicted molar refractivity (Wildman–Crippen MR) is 222 cm³/mol. The third-order valence-corrected chi connectivity index (χ3v) is 12.4. The minimum Gasteiger partial charge on any atom is -0.456 e. The number of rotatable bonds is 4. The lowest BCUT2D eigenvalue weighted by molar-refractivity contribution is 0.660. The zero-order chi connectivity index (χ0) is 34.6. The van der Waals surface area contributed by atoms with Crippen LogP contribution in [0.5, 0.6) is 0 Å². The summed E-state index contributed by atoms with van der Waals surface area (Å²) in [7, 11) is 0. The maximum atomic E-state index is 6.43. The summed E-state index contributed by atoms with van der Waals surface area (Å²) in [5, 5.41) is 7.52. The van der Waals surface area contributed by atoms with E-state index >= 15 is 0 Å². The van der Waals surface area contributed by atoms with E-state index in [-0.39, 0.29) is 5.41 Å². The second-order valence-electron chi connectivity index (χ2n) is 14.5. The Bertz CT molecular complexity index is 3050. The molecule has 1 aliphatic rings. The van der Waals surface area contributed by atoms with Crippen LogP contribution >= 0.6 is 11.3 Å². The molecule has 8 aromatic carbocycles. The van der Waals surface area contributed by atoms with Crippen LogP contribution in [0.15, 0.2) is 168 Å². The number of anilines is 3. The molecule has 0 unspecified atom stereocenters. The molecule has 0 saturated carbocycles. The molecule has 0 atom stereocenters. The van der Waals surface area contributed by atoms with Gasteiger partial charge in [-0.25, -0.2) is 0 Å². The highest BCUT2D eigenvalue weighted by Crippen LogP contribution is 2.54. The van der Waals surface area contributed by atoms with Crippen LogP contribution in [0.25, 0.3) is 75.1 Å². The van der Waals surface area contributed by atoms with Gasteiger partial charge in [-0.1, -0.05) is 117 Å². The van der Waals surface area contributed by atoms with Gasteiger partial charge in [0.25, 0.3) is 0 Å². The smallest absolute Gasteiger partial charge is 0.137 e. The first-order chi connectivity index (χ1) is 25.5. The Morgan fingerprint density at radius 3 is 2.12 bits per heavy atom. The van der Waals surface area contributed by atoms with Crippen LogP contribution in [0.2, 0.25) is 0 Å². The molecular formula is C49H33NOS. The van der Waals surface area contributed by atoms with Crippen molar-refractivity contribution in [1.82, 2.24) is 0 Å². The number of fused-ring (bicyclic) bond motifs is 11. The lowest BCUT2D eigenvalue weighted by Crippen LogP contribution is -2.16. The normalized spacial score (nSPS) is 13.3. The highest BCUT2D eigenvalue weighted by Gasteiger charge is 2.37. The molecule has 0 fully saturated rings. The average molecular weight is 684 g/mol. The van der Waals surface area contributed by atoms with Crippen LogP contribution < -0.4 is 4.90 Å². The SMILES string of the molecule is CC1(C)c2ccccc2-c2c(N(c3ccc(-c4ccc5ccc6sc7ccccc7c6c5c4)cc3)c3ccc4c(c3)oc3ccccc34)cccc21. The third kappa shape index (κ3) is 4.23. The Kier molecular flexibility index (Phi) is 6.21. The van der Waals surface area contributed by atoms with Crippen LogP contribution in [0.3, 0.4) is 0 Å². The highest BCUT2D eigenvalue weighted by atomic mass is 32.1. The van der Waals surface area contributed by atoms with Crippen LogP contribution in [-0.4, -0.2) is 0 Å². The topological polar surface area (TPSA) is 16.4 Å². The van der Waals surface area contributed by atoms with E-state index in [0.717, 1.165) is 39.0 Å². The largest absolute Gasteiger partial charge is 0.456 e. The standard InChI is InChI=1S/C49H33NOS/c1-49(2)40-13-6-3-11-37(40)48-41(49)14-9-15-42(48)50(34-25-26-36-35-10-4-7-16-43(35)51-44(36)29-34)33-23-20-30(21-24-33)32-19-18-31-22-27-46-47(39(31)28-32)38-12-5-8-17-45(38)52-46/h3-29H,1-2H3. The van der Waals surface area contributed by atoms with Gasteiger partial charge in [0.1, 0.15) is 11.2 Å². The van der Waals surface area contributed by atoms with E-state index in [9.17, 15) is 0 Å². The number of hydrogen-bond acceptors (Lipinski definition) is 3. The van der Waals surface area contributed by atoms with Gasteiger partial charge in [0.15, 0.2) is 0 Å². The Morgan fingerprint density at radius 2 is 1.21 bits per heavy atom. The van der Waals surface area contributed by atoms with Crippen LogP contribution in [-0.2, 0) is 5.41 Å². The fraction of sp³-hybridized carbons (Fsp3) is 0.0612. The average Bonchev–Trinajstić information content (AvgIpc) is 3.83. The molecule has 2 aromatic heterocycles. The van der Waals surface area contributed by atoms with Crippen molar-refractivity contribution in [3.63, 3.8) is 0 Å². The highest BCUT2D eigenvalue weighted by molar-refractivity contribution is 7.26. The van der Waals surface area contributed by atoms with E-state index in [4.69, 9.17) is 4.42 Å². The van der Waals surface area contributed by atoms with Crippen molar-refractivity contribution in [2.75, 3.05) is 4.90 Å². The van der Waals surface area contributed by atoms with E-state index in [0.29, 0.717) is 0 Å². The molecule has 0 saturated heterocycles. The van der Waals surface area contributed by atoms with E-state index in [1.54, 1.807) is 0 Å². The second kappa shape index (κ2) is 10.9. The summed E-state index contributed by atoms with van der Waals surface area (Å²) >= 11 is 1.87. The van der Waals surface area contributed by atoms with E-state index in [1.807, 2.05) is 23.5 Å². The van der Waals surface area contributed by atoms with Crippen LogP contribution in [0.1, 0.15) is 25.0 Å². The Morgan fingerprint density at radius 1 is 0.500 bits per heavy atom. The summed E-state index contributed by atoms with van der Waals surface area (Å²) in [5.41, 5.74) is 12.7. The van der Waals surface area contributed by atoms with E-state index in [1.165, 1.54) is 64.3 Å². The Hall–Kier alpha value is -6.16. The van der Waals surface area contributed by atoms with Gasteiger partial charge >= 0.3 is 0 Å². The van der Waals surface area contributed by atoms with Crippen molar-refractivity contribution < 1.29 is 4.42 Å². The minimum atomic E-state index is -0.102. The van der Waals surface area contributed by atoms with Gasteiger partial charge in [-0.3, -0.25) is 0 Å². The summed E-state index contributed by atoms with van der Waals surface area (Å²) in [6.45, 7) is 4.69. The zero-order valence-electron chi connectivity index (χ0n) is 28.9. The predicted octanol–water partition coefficient (Wildman–Crippen LogP) is 14.6. The maximum absolute atomic E-state index is 6.43. The minimum absolute atomic E-state index is 0.102. The van der Waals surface area contributed by atoms with Crippen molar-refractivity contribution >= 4 is 81.3 Å². The fourth-order valence-electron chi connectivity index (χ4n) is 8.73. The van der Waals surface area contributed by atoms with E-state index < -0.39 is 0 Å². The van der Waals surface area contributed by atoms with Crippen molar-refractivity contribution in [2.45, 2.75) is 19.3 Å². The number of para-hydroxylation sites is 1. The molecule has 0 N–H and O–H groups in total. The number of nitrogens with zero attached hydrogens (tertiary/aromatic N) is 1. The van der Waals surface area contributed by atoms with Crippen molar-refractivity contribution in [1.29, 1.82) is 0 Å². The zero-order valence-corrected chi connectivity index (χ0v) is 29.7. The molecule has 52 heavy (non-hydrogen) atoms. The van der Waals surface area contributed by atoms with Crippen molar-refractivity contribution in [2.24, 2.45) is 0 Å². The lowest BCUT2D eigenvalue weighted by Gasteiger charge is -2.29. The molecule has 10 aromatic rings. The van der Waals surface area contributed by atoms with E-state index in [2.05, 4.69) is 170 Å². The first-order valence-electron chi connectivity index (χ1n) is 17.9. The molecule has 0 spiro atoms. The molecule has 3 heteroatoms. The fourth-order valence-corrected chi connectivity index (χ4v) is 9.85. The monoisotopic (exact) mass is 683 g/mol. The summed E-state index contributed by atoms with van der Waals surface area (Å²) in [5.74, 6) is 0. The molecular weight excluding hydrogens is 651 g/mol. The van der Waals surface area contributed by atoms with Gasteiger partial charge in [-0.05, 0) is 93.2 Å². The quantitative estimate of drug-likeness (QED) is 0.184. The van der Waals surface area contributed by atoms with Crippen LogP contribution in [0.4, 0.5) is 17.1 Å². The molecule has 2 heterocycles. The molecule has 11 rings (SSSR count). The number of hydrogen-bond donors (Lipinski definition) is 0.